The normalized spacial score (nSPS) is 14.4. The molecule has 0 fully saturated rings. The topological polar surface area (TPSA) is 9.23 Å². The summed E-state index contributed by atoms with van der Waals surface area (Å²) in [6.45, 7) is 4.25. The van der Waals surface area contributed by atoms with Gasteiger partial charge in [0.2, 0.25) is 0 Å². The van der Waals surface area contributed by atoms with Crippen molar-refractivity contribution < 1.29 is 4.74 Å². The molecule has 0 bridgehead atoms. The maximum atomic E-state index is 6.46. The highest BCUT2D eigenvalue weighted by Crippen LogP contribution is 2.40. The molecule has 1 heterocycles. The molecule has 0 N–H and O–H groups in total. The SMILES string of the molecule is CC1=C(c2ccccc2)OC(c2ccccc2)=C(C)C1C#Cc1ccccc1. The third kappa shape index (κ3) is 3.63. The van der Waals surface area contributed by atoms with E-state index in [9.17, 15) is 0 Å². The Kier molecular flexibility index (Phi) is 5.13. The molecule has 1 aliphatic rings. The lowest BCUT2D eigenvalue weighted by molar-refractivity contribution is 0.443. The summed E-state index contributed by atoms with van der Waals surface area (Å²) in [5.74, 6) is 8.65. The van der Waals surface area contributed by atoms with Gasteiger partial charge in [0.05, 0.1) is 5.92 Å². The molecule has 0 aliphatic carbocycles. The van der Waals surface area contributed by atoms with Gasteiger partial charge >= 0.3 is 0 Å². The molecule has 3 aromatic carbocycles. The fraction of sp³-hybridized carbons (Fsp3) is 0.111. The Bertz CT molecular complexity index is 1020. The average molecular weight is 362 g/mol. The molecular formula is C27H22O. The van der Waals surface area contributed by atoms with Crippen molar-refractivity contribution >= 4 is 11.5 Å². The Morgan fingerprint density at radius 1 is 0.607 bits per heavy atom. The zero-order valence-electron chi connectivity index (χ0n) is 16.1. The van der Waals surface area contributed by atoms with E-state index in [-0.39, 0.29) is 5.92 Å². The summed E-state index contributed by atoms with van der Waals surface area (Å²) >= 11 is 0. The molecule has 0 atom stereocenters. The van der Waals surface area contributed by atoms with Crippen molar-refractivity contribution in [1.82, 2.24) is 0 Å². The molecule has 1 aliphatic heterocycles. The third-order valence-electron chi connectivity index (χ3n) is 4.99. The van der Waals surface area contributed by atoms with E-state index in [4.69, 9.17) is 4.74 Å². The Morgan fingerprint density at radius 3 is 1.50 bits per heavy atom. The molecule has 4 rings (SSSR count). The lowest BCUT2D eigenvalue weighted by atomic mass is 9.86. The van der Waals surface area contributed by atoms with Crippen LogP contribution in [0, 0.1) is 17.8 Å². The molecule has 0 aromatic heterocycles. The lowest BCUT2D eigenvalue weighted by Crippen LogP contribution is -2.14. The smallest absolute Gasteiger partial charge is 0.135 e. The quantitative estimate of drug-likeness (QED) is 0.470. The molecule has 1 heteroatoms. The maximum Gasteiger partial charge on any atom is 0.135 e. The van der Waals surface area contributed by atoms with Crippen LogP contribution in [0.15, 0.2) is 102 Å². The van der Waals surface area contributed by atoms with Crippen LogP contribution in [0.4, 0.5) is 0 Å². The Hall–Kier alpha value is -3.50. The van der Waals surface area contributed by atoms with Gasteiger partial charge in [-0.3, -0.25) is 0 Å². The van der Waals surface area contributed by atoms with Gasteiger partial charge in [0.15, 0.2) is 0 Å². The molecule has 28 heavy (non-hydrogen) atoms. The first-order chi connectivity index (χ1) is 13.7. The van der Waals surface area contributed by atoms with Crippen molar-refractivity contribution in [2.75, 3.05) is 0 Å². The molecule has 1 nitrogen and oxygen atoms in total. The molecular weight excluding hydrogens is 340 g/mol. The molecule has 0 saturated heterocycles. The zero-order chi connectivity index (χ0) is 19.3. The van der Waals surface area contributed by atoms with E-state index < -0.39 is 0 Å². The molecule has 0 saturated carbocycles. The summed E-state index contributed by atoms with van der Waals surface area (Å²) in [4.78, 5) is 0. The largest absolute Gasteiger partial charge is 0.456 e. The maximum absolute atomic E-state index is 6.46. The minimum Gasteiger partial charge on any atom is -0.456 e. The van der Waals surface area contributed by atoms with Crippen LogP contribution in [-0.2, 0) is 4.74 Å². The van der Waals surface area contributed by atoms with Crippen molar-refractivity contribution in [2.45, 2.75) is 13.8 Å². The van der Waals surface area contributed by atoms with E-state index in [1.807, 2.05) is 66.7 Å². The van der Waals surface area contributed by atoms with Gasteiger partial charge in [-0.15, -0.1) is 0 Å². The van der Waals surface area contributed by atoms with E-state index in [0.717, 1.165) is 39.4 Å². The second kappa shape index (κ2) is 8.03. The summed E-state index contributed by atoms with van der Waals surface area (Å²) in [6, 6.07) is 30.7. The monoisotopic (exact) mass is 362 g/mol. The van der Waals surface area contributed by atoms with Crippen LogP contribution < -0.4 is 0 Å². The van der Waals surface area contributed by atoms with Crippen molar-refractivity contribution in [2.24, 2.45) is 5.92 Å². The average Bonchev–Trinajstić information content (AvgIpc) is 2.76. The second-order valence-electron chi connectivity index (χ2n) is 6.93. The predicted octanol–water partition coefficient (Wildman–Crippen LogP) is 6.55. The number of ether oxygens (including phenoxy) is 1. The zero-order valence-corrected chi connectivity index (χ0v) is 16.1. The molecule has 3 aromatic rings. The van der Waals surface area contributed by atoms with Crippen molar-refractivity contribution in [1.29, 1.82) is 0 Å². The van der Waals surface area contributed by atoms with Crippen LogP contribution in [0.25, 0.3) is 11.5 Å². The molecule has 0 amide bonds. The van der Waals surface area contributed by atoms with Crippen molar-refractivity contribution in [3.8, 4) is 11.8 Å². The molecule has 0 unspecified atom stereocenters. The van der Waals surface area contributed by atoms with E-state index in [1.54, 1.807) is 0 Å². The number of benzene rings is 3. The lowest BCUT2D eigenvalue weighted by Gasteiger charge is -2.28. The van der Waals surface area contributed by atoms with Gasteiger partial charge in [-0.05, 0) is 37.1 Å². The summed E-state index contributed by atoms with van der Waals surface area (Å²) in [5, 5.41) is 0. The van der Waals surface area contributed by atoms with Crippen LogP contribution in [-0.4, -0.2) is 0 Å². The Balaban J connectivity index is 1.83. The fourth-order valence-corrected chi connectivity index (χ4v) is 3.50. The highest BCUT2D eigenvalue weighted by molar-refractivity contribution is 5.78. The van der Waals surface area contributed by atoms with Crippen LogP contribution >= 0.6 is 0 Å². The number of hydrogen-bond donors (Lipinski definition) is 0. The summed E-state index contributed by atoms with van der Waals surface area (Å²) in [6.07, 6.45) is 0. The Labute approximate surface area is 167 Å². The number of hydrogen-bond acceptors (Lipinski definition) is 1. The minimum absolute atomic E-state index is 0.0133. The van der Waals surface area contributed by atoms with E-state index >= 15 is 0 Å². The van der Waals surface area contributed by atoms with Gasteiger partial charge in [0, 0.05) is 16.7 Å². The van der Waals surface area contributed by atoms with Gasteiger partial charge in [-0.1, -0.05) is 90.7 Å². The highest BCUT2D eigenvalue weighted by atomic mass is 16.5. The number of rotatable bonds is 2. The van der Waals surface area contributed by atoms with Crippen LogP contribution in [0.2, 0.25) is 0 Å². The first kappa shape index (κ1) is 17.9. The van der Waals surface area contributed by atoms with E-state index in [1.165, 1.54) is 0 Å². The second-order valence-corrected chi connectivity index (χ2v) is 6.93. The molecule has 0 radical (unpaired) electrons. The summed E-state index contributed by atoms with van der Waals surface area (Å²) < 4.78 is 6.46. The van der Waals surface area contributed by atoms with Crippen molar-refractivity contribution in [3.63, 3.8) is 0 Å². The van der Waals surface area contributed by atoms with Gasteiger partial charge in [0.25, 0.3) is 0 Å². The fourth-order valence-electron chi connectivity index (χ4n) is 3.50. The van der Waals surface area contributed by atoms with Gasteiger partial charge < -0.3 is 4.74 Å². The van der Waals surface area contributed by atoms with Crippen LogP contribution in [0.3, 0.4) is 0 Å². The Morgan fingerprint density at radius 2 is 1.04 bits per heavy atom. The van der Waals surface area contributed by atoms with Gasteiger partial charge in [-0.25, -0.2) is 0 Å². The van der Waals surface area contributed by atoms with Crippen LogP contribution in [0.1, 0.15) is 30.5 Å². The molecule has 136 valence electrons. The summed E-state index contributed by atoms with van der Waals surface area (Å²) in [7, 11) is 0. The predicted molar refractivity (Wildman–Crippen MR) is 116 cm³/mol. The van der Waals surface area contributed by atoms with Crippen LogP contribution in [0.5, 0.6) is 0 Å². The number of allylic oxidation sites excluding steroid dienone is 2. The third-order valence-corrected chi connectivity index (χ3v) is 4.99. The highest BCUT2D eigenvalue weighted by Gasteiger charge is 2.27. The van der Waals surface area contributed by atoms with Gasteiger partial charge in [-0.2, -0.15) is 0 Å². The summed E-state index contributed by atoms with van der Waals surface area (Å²) in [5.41, 5.74) is 5.47. The molecule has 0 spiro atoms. The van der Waals surface area contributed by atoms with E-state index in [0.29, 0.717) is 0 Å². The van der Waals surface area contributed by atoms with E-state index in [2.05, 4.69) is 50.0 Å². The first-order valence-corrected chi connectivity index (χ1v) is 9.51. The minimum atomic E-state index is 0.0133. The first-order valence-electron chi connectivity index (χ1n) is 9.51. The standard InChI is InChI=1S/C27H22O/c1-20-25(19-18-22-12-6-3-7-13-22)21(2)27(24-16-10-5-11-17-24)28-26(20)23-14-8-4-9-15-23/h3-17,25H,1-2H3. The van der Waals surface area contributed by atoms with Gasteiger partial charge in [0.1, 0.15) is 11.5 Å². The van der Waals surface area contributed by atoms with Crippen molar-refractivity contribution in [3.05, 3.63) is 119 Å².